The van der Waals surface area contributed by atoms with E-state index in [-0.39, 0.29) is 25.7 Å². The van der Waals surface area contributed by atoms with Crippen LogP contribution in [0.4, 0.5) is 0 Å². The fraction of sp³-hybridized carbons (Fsp3) is 0.783. The smallest absolute Gasteiger partial charge is 0.462 e. The average Bonchev–Trinajstić information content (AvgIpc) is 0.944. The first-order chi connectivity index (χ1) is 49.7. The fourth-order valence-electron chi connectivity index (χ4n) is 11.1. The summed E-state index contributed by atoms with van der Waals surface area (Å²) in [7, 11) is -9.95. The van der Waals surface area contributed by atoms with Gasteiger partial charge in [0.15, 0.2) is 12.2 Å². The van der Waals surface area contributed by atoms with Crippen LogP contribution in [0.5, 0.6) is 0 Å². The summed E-state index contributed by atoms with van der Waals surface area (Å²) < 4.78 is 68.6. The molecule has 0 spiro atoms. The topological polar surface area (TPSA) is 237 Å². The number of rotatable bonds is 77. The molecule has 592 valence electrons. The number of phosphoric acid groups is 2. The zero-order chi connectivity index (χ0) is 74.6. The van der Waals surface area contributed by atoms with Gasteiger partial charge in [-0.25, -0.2) is 9.13 Å². The lowest BCUT2D eigenvalue weighted by Gasteiger charge is -2.21. The van der Waals surface area contributed by atoms with Gasteiger partial charge in [0.25, 0.3) is 0 Å². The van der Waals surface area contributed by atoms with E-state index in [1.807, 2.05) is 0 Å². The van der Waals surface area contributed by atoms with Crippen LogP contribution in [-0.2, 0) is 65.4 Å². The molecule has 0 fully saturated rings. The number of phosphoric ester groups is 2. The van der Waals surface area contributed by atoms with Crippen LogP contribution in [0.2, 0.25) is 0 Å². The first-order valence-electron chi connectivity index (χ1n) is 40.8. The summed E-state index contributed by atoms with van der Waals surface area (Å²) in [5.41, 5.74) is 0. The van der Waals surface area contributed by atoms with Crippen molar-refractivity contribution in [2.45, 2.75) is 380 Å². The van der Waals surface area contributed by atoms with Crippen LogP contribution in [0.3, 0.4) is 0 Å². The normalized spacial score (nSPS) is 14.3. The summed E-state index contributed by atoms with van der Waals surface area (Å²) in [6.45, 7) is 4.73. The Kier molecular flexibility index (Phi) is 72.7. The molecule has 0 rings (SSSR count). The molecule has 0 amide bonds. The summed E-state index contributed by atoms with van der Waals surface area (Å²) in [4.78, 5) is 73.0. The van der Waals surface area contributed by atoms with E-state index in [2.05, 4.69) is 113 Å². The van der Waals surface area contributed by atoms with E-state index >= 15 is 0 Å². The molecule has 0 heterocycles. The van der Waals surface area contributed by atoms with Crippen molar-refractivity contribution in [1.82, 2.24) is 0 Å². The maximum atomic E-state index is 13.1. The second kappa shape index (κ2) is 75.5. The Morgan fingerprint density at radius 1 is 0.284 bits per heavy atom. The summed E-state index contributed by atoms with van der Waals surface area (Å²) in [5, 5.41) is 10.6. The van der Waals surface area contributed by atoms with E-state index in [0.29, 0.717) is 25.7 Å². The van der Waals surface area contributed by atoms with E-state index in [1.54, 1.807) is 0 Å². The first-order valence-corrected chi connectivity index (χ1v) is 43.8. The van der Waals surface area contributed by atoms with Gasteiger partial charge in [0.2, 0.25) is 0 Å². The zero-order valence-electron chi connectivity index (χ0n) is 64.8. The molecule has 0 saturated carbocycles. The van der Waals surface area contributed by atoms with Crippen molar-refractivity contribution in [3.63, 3.8) is 0 Å². The van der Waals surface area contributed by atoms with Gasteiger partial charge in [0, 0.05) is 25.7 Å². The molecule has 0 aliphatic carbocycles. The summed E-state index contributed by atoms with van der Waals surface area (Å²) in [5.74, 6) is -2.18. The van der Waals surface area contributed by atoms with E-state index in [9.17, 15) is 43.2 Å². The van der Waals surface area contributed by atoms with Crippen molar-refractivity contribution in [3.8, 4) is 0 Å². The molecule has 0 bridgehead atoms. The number of hydrogen-bond donors (Lipinski definition) is 3. The van der Waals surface area contributed by atoms with Crippen LogP contribution in [0.25, 0.3) is 0 Å². The third-order valence-electron chi connectivity index (χ3n) is 17.3. The lowest BCUT2D eigenvalue weighted by Crippen LogP contribution is -2.30. The van der Waals surface area contributed by atoms with Crippen molar-refractivity contribution in [3.05, 3.63) is 85.1 Å². The second-order valence-corrected chi connectivity index (χ2v) is 30.2. The van der Waals surface area contributed by atoms with Gasteiger partial charge in [-0.05, 0) is 116 Å². The zero-order valence-corrected chi connectivity index (χ0v) is 66.6. The number of aliphatic hydroxyl groups is 1. The van der Waals surface area contributed by atoms with Crippen LogP contribution in [0.1, 0.15) is 362 Å². The third kappa shape index (κ3) is 74.5. The van der Waals surface area contributed by atoms with Crippen molar-refractivity contribution in [2.75, 3.05) is 39.6 Å². The van der Waals surface area contributed by atoms with Crippen LogP contribution in [0.15, 0.2) is 85.1 Å². The standard InChI is InChI=1S/C83H148O17P2/c1-5-9-13-17-21-25-29-32-35-37-38-40-43-45-49-52-56-60-64-68-80(85)93-73-78(99-82(87)69-65-61-57-53-47-28-24-20-16-12-8-4)75-97-101(89,90)95-71-77(84)72-96-102(91,92)98-76-79(100-83(88)70-66-62-58-54-50-46-41-34-31-27-23-19-15-11-7-3)74-94-81(86)67-63-59-55-51-48-44-42-39-36-33-30-26-22-18-14-10-6-2/h10,14,20-22,24-26,32-33,35-36,38,40,77-79,84H,5-9,11-13,15-19,23,27-31,34,37,39,41-76H2,1-4H3,(H,89,90)(H,91,92)/b14-10-,24-20-,25-21-,26-22-,35-32-,36-33-,40-38-. The Morgan fingerprint density at radius 3 is 0.843 bits per heavy atom. The van der Waals surface area contributed by atoms with Gasteiger partial charge in [0.05, 0.1) is 26.4 Å². The molecular formula is C83H148O17P2. The van der Waals surface area contributed by atoms with Crippen molar-refractivity contribution >= 4 is 39.5 Å². The molecule has 19 heteroatoms. The highest BCUT2D eigenvalue weighted by Gasteiger charge is 2.30. The largest absolute Gasteiger partial charge is 0.472 e. The summed E-state index contributed by atoms with van der Waals surface area (Å²) in [6.07, 6.45) is 78.4. The van der Waals surface area contributed by atoms with Crippen molar-refractivity contribution < 1.29 is 80.2 Å². The van der Waals surface area contributed by atoms with Gasteiger partial charge >= 0.3 is 39.5 Å². The molecule has 17 nitrogen and oxygen atoms in total. The highest BCUT2D eigenvalue weighted by molar-refractivity contribution is 7.47. The van der Waals surface area contributed by atoms with Crippen LogP contribution >= 0.6 is 15.6 Å². The first kappa shape index (κ1) is 98.2. The quantitative estimate of drug-likeness (QED) is 0.0169. The Hall–Kier alpha value is -3.76. The molecule has 0 aliphatic rings. The van der Waals surface area contributed by atoms with E-state index in [0.717, 1.165) is 186 Å². The SMILES string of the molecule is CC/C=C\C/C=C\C/C=C\CCCCCCCCCC(=O)OCC(COP(=O)(O)OCC(O)COP(=O)(O)OCC(COC(=O)CCCCCCCC/C=C\C/C=C\C/C=C\CCCCC)OC(=O)CCCCCCC/C=C\CCCC)OC(=O)CCCCCCCCCCCCCCCCC. The fourth-order valence-corrected chi connectivity index (χ4v) is 12.7. The summed E-state index contributed by atoms with van der Waals surface area (Å²) in [6, 6.07) is 0. The van der Waals surface area contributed by atoms with Gasteiger partial charge in [-0.3, -0.25) is 37.3 Å². The molecule has 5 atom stereocenters. The maximum Gasteiger partial charge on any atom is 0.472 e. The molecular weight excluding hydrogens is 1330 g/mol. The molecule has 102 heavy (non-hydrogen) atoms. The molecule has 5 unspecified atom stereocenters. The lowest BCUT2D eigenvalue weighted by atomic mass is 10.0. The molecule has 0 aromatic carbocycles. The van der Waals surface area contributed by atoms with E-state index in [1.165, 1.54) is 96.3 Å². The predicted molar refractivity (Wildman–Crippen MR) is 418 cm³/mol. The lowest BCUT2D eigenvalue weighted by molar-refractivity contribution is -0.161. The molecule has 0 radical (unpaired) electrons. The number of allylic oxidation sites excluding steroid dienone is 14. The average molecular weight is 1480 g/mol. The highest BCUT2D eigenvalue weighted by atomic mass is 31.2. The van der Waals surface area contributed by atoms with Gasteiger partial charge in [0.1, 0.15) is 19.3 Å². The summed E-state index contributed by atoms with van der Waals surface area (Å²) >= 11 is 0. The maximum absolute atomic E-state index is 13.1. The Bertz CT molecular complexity index is 2260. The molecule has 0 aromatic rings. The number of carbonyl (C=O) groups is 4. The second-order valence-electron chi connectivity index (χ2n) is 27.3. The number of esters is 4. The third-order valence-corrected chi connectivity index (χ3v) is 19.2. The van der Waals surface area contributed by atoms with Crippen LogP contribution in [0, 0.1) is 0 Å². The Labute approximate surface area is 621 Å². The van der Waals surface area contributed by atoms with Gasteiger partial charge in [-0.2, -0.15) is 0 Å². The number of aliphatic hydroxyl groups excluding tert-OH is 1. The van der Waals surface area contributed by atoms with Gasteiger partial charge in [-0.1, -0.05) is 305 Å². The van der Waals surface area contributed by atoms with Crippen LogP contribution < -0.4 is 0 Å². The van der Waals surface area contributed by atoms with E-state index < -0.39 is 97.5 Å². The van der Waals surface area contributed by atoms with Gasteiger partial charge < -0.3 is 33.8 Å². The number of carbonyl (C=O) groups excluding carboxylic acids is 4. The van der Waals surface area contributed by atoms with Gasteiger partial charge in [-0.15, -0.1) is 0 Å². The minimum absolute atomic E-state index is 0.0832. The highest BCUT2D eigenvalue weighted by Crippen LogP contribution is 2.45. The monoisotopic (exact) mass is 1480 g/mol. The Balaban J connectivity index is 5.30. The molecule has 0 saturated heterocycles. The van der Waals surface area contributed by atoms with Crippen LogP contribution in [-0.4, -0.2) is 96.7 Å². The van der Waals surface area contributed by atoms with E-state index in [4.69, 9.17) is 37.0 Å². The molecule has 0 aromatic heterocycles. The Morgan fingerprint density at radius 2 is 0.520 bits per heavy atom. The number of hydrogen-bond acceptors (Lipinski definition) is 15. The number of unbranched alkanes of at least 4 members (excludes halogenated alkanes) is 37. The number of ether oxygens (including phenoxy) is 4. The molecule has 0 aliphatic heterocycles. The molecule has 3 N–H and O–H groups in total. The minimum Gasteiger partial charge on any atom is -0.462 e. The van der Waals surface area contributed by atoms with Crippen molar-refractivity contribution in [1.29, 1.82) is 0 Å². The minimum atomic E-state index is -4.98. The predicted octanol–water partition coefficient (Wildman–Crippen LogP) is 23.8. The van der Waals surface area contributed by atoms with Crippen molar-refractivity contribution in [2.24, 2.45) is 0 Å².